The maximum absolute atomic E-state index is 10.4. The summed E-state index contributed by atoms with van der Waals surface area (Å²) in [7, 11) is 0. The Hall–Kier alpha value is -0.570. The Morgan fingerprint density at radius 1 is 1.50 bits per heavy atom. The topological polar surface area (TPSA) is 34.1 Å². The molecule has 0 unspecified atom stereocenters. The van der Waals surface area contributed by atoms with Crippen molar-refractivity contribution in [1.29, 1.82) is 0 Å². The van der Waals surface area contributed by atoms with E-state index in [-0.39, 0.29) is 17.3 Å². The van der Waals surface area contributed by atoms with Crippen LogP contribution < -0.4 is 0 Å². The van der Waals surface area contributed by atoms with E-state index in [0.717, 1.165) is 11.8 Å². The van der Waals surface area contributed by atoms with E-state index in [2.05, 4.69) is 0 Å². The van der Waals surface area contributed by atoms with E-state index in [1.54, 1.807) is 0 Å². The molecular formula is C5H4O2S. The number of thioether (sulfide) groups is 1. The van der Waals surface area contributed by atoms with E-state index in [0.29, 0.717) is 0 Å². The number of ketones is 1. The van der Waals surface area contributed by atoms with Crippen LogP contribution >= 0.6 is 11.8 Å². The number of hydrogen-bond acceptors (Lipinski definition) is 3. The van der Waals surface area contributed by atoms with Crippen molar-refractivity contribution >= 4 is 22.7 Å². The van der Waals surface area contributed by atoms with Gasteiger partial charge < -0.3 is 0 Å². The molecule has 0 atom stereocenters. The van der Waals surface area contributed by atoms with Crippen molar-refractivity contribution in [3.8, 4) is 0 Å². The van der Waals surface area contributed by atoms with Crippen LogP contribution in [0.25, 0.3) is 0 Å². The normalized spacial score (nSPS) is 19.5. The van der Waals surface area contributed by atoms with Crippen molar-refractivity contribution in [3.63, 3.8) is 0 Å². The number of carbonyl (C=O) groups excluding carboxylic acids is 2. The van der Waals surface area contributed by atoms with Gasteiger partial charge in [-0.25, -0.2) is 0 Å². The Morgan fingerprint density at radius 2 is 2.25 bits per heavy atom. The van der Waals surface area contributed by atoms with Crippen molar-refractivity contribution in [2.45, 2.75) is 6.42 Å². The van der Waals surface area contributed by atoms with Gasteiger partial charge in [0.15, 0.2) is 5.78 Å². The van der Waals surface area contributed by atoms with Crippen molar-refractivity contribution in [2.24, 2.45) is 0 Å². The van der Waals surface area contributed by atoms with Crippen LogP contribution in [0, 0.1) is 0 Å². The third-order valence-corrected chi connectivity index (χ3v) is 1.45. The Kier molecular flexibility index (Phi) is 1.48. The summed E-state index contributed by atoms with van der Waals surface area (Å²) >= 11 is 1.08. The SMILES string of the molecule is O=C1C=CSC(=O)C1. The average molecular weight is 128 g/mol. The minimum Gasteiger partial charge on any atom is -0.294 e. The first-order valence-electron chi connectivity index (χ1n) is 2.18. The van der Waals surface area contributed by atoms with Gasteiger partial charge in [-0.1, -0.05) is 11.8 Å². The predicted molar refractivity (Wildman–Crippen MR) is 31.4 cm³/mol. The summed E-state index contributed by atoms with van der Waals surface area (Å²) in [4.78, 5) is 20.7. The van der Waals surface area contributed by atoms with Gasteiger partial charge in [-0.2, -0.15) is 0 Å². The minimum absolute atomic E-state index is 0.0579. The van der Waals surface area contributed by atoms with E-state index >= 15 is 0 Å². The quantitative estimate of drug-likeness (QED) is 0.451. The molecule has 0 saturated carbocycles. The molecule has 3 heteroatoms. The highest BCUT2D eigenvalue weighted by Crippen LogP contribution is 2.12. The zero-order valence-corrected chi connectivity index (χ0v) is 4.90. The highest BCUT2D eigenvalue weighted by Gasteiger charge is 2.09. The van der Waals surface area contributed by atoms with Gasteiger partial charge in [0.05, 0.1) is 6.42 Å². The van der Waals surface area contributed by atoms with E-state index < -0.39 is 0 Å². The highest BCUT2D eigenvalue weighted by atomic mass is 32.2. The van der Waals surface area contributed by atoms with E-state index in [9.17, 15) is 9.59 Å². The Morgan fingerprint density at radius 3 is 2.62 bits per heavy atom. The lowest BCUT2D eigenvalue weighted by Crippen LogP contribution is -2.03. The zero-order chi connectivity index (χ0) is 5.98. The van der Waals surface area contributed by atoms with Crippen LogP contribution in [0.4, 0.5) is 0 Å². The molecule has 0 saturated heterocycles. The van der Waals surface area contributed by atoms with Crippen LogP contribution in [0.3, 0.4) is 0 Å². The molecule has 0 aromatic carbocycles. The van der Waals surface area contributed by atoms with Crippen molar-refractivity contribution in [3.05, 3.63) is 11.5 Å². The lowest BCUT2D eigenvalue weighted by atomic mass is 10.3. The lowest BCUT2D eigenvalue weighted by Gasteiger charge is -1.96. The molecule has 42 valence electrons. The van der Waals surface area contributed by atoms with Crippen LogP contribution in [0.1, 0.15) is 6.42 Å². The fraction of sp³-hybridized carbons (Fsp3) is 0.200. The number of rotatable bonds is 0. The number of allylic oxidation sites excluding steroid dienone is 1. The summed E-state index contributed by atoms with van der Waals surface area (Å²) in [5.41, 5.74) is 0. The van der Waals surface area contributed by atoms with Crippen molar-refractivity contribution in [1.82, 2.24) is 0 Å². The Balaban J connectivity index is 2.68. The maximum Gasteiger partial charge on any atom is 0.200 e. The lowest BCUT2D eigenvalue weighted by molar-refractivity contribution is -0.120. The monoisotopic (exact) mass is 128 g/mol. The van der Waals surface area contributed by atoms with Gasteiger partial charge >= 0.3 is 0 Å². The minimum atomic E-state index is -0.0891. The summed E-state index contributed by atoms with van der Waals surface area (Å²) in [5, 5.41) is 1.46. The summed E-state index contributed by atoms with van der Waals surface area (Å²) in [6.07, 6.45) is 1.49. The van der Waals surface area contributed by atoms with E-state index in [1.165, 1.54) is 11.5 Å². The first-order chi connectivity index (χ1) is 3.79. The fourth-order valence-electron chi connectivity index (χ4n) is 0.429. The molecule has 0 fully saturated rings. The highest BCUT2D eigenvalue weighted by molar-refractivity contribution is 8.16. The smallest absolute Gasteiger partial charge is 0.200 e. The summed E-state index contributed by atoms with van der Waals surface area (Å²) < 4.78 is 0. The second-order valence-corrected chi connectivity index (χ2v) is 2.40. The second kappa shape index (κ2) is 2.13. The molecule has 0 aromatic rings. The molecule has 0 spiro atoms. The van der Waals surface area contributed by atoms with Crippen LogP contribution in [0.2, 0.25) is 0 Å². The molecule has 0 amide bonds. The standard InChI is InChI=1S/C5H4O2S/c6-4-1-2-8-5(7)3-4/h1-2H,3H2. The predicted octanol–water partition coefficient (Wildman–Crippen LogP) is 0.733. The van der Waals surface area contributed by atoms with Crippen LogP contribution in [-0.4, -0.2) is 10.9 Å². The molecule has 1 aliphatic rings. The third-order valence-electron chi connectivity index (χ3n) is 0.772. The van der Waals surface area contributed by atoms with Gasteiger partial charge in [0.25, 0.3) is 0 Å². The van der Waals surface area contributed by atoms with Crippen LogP contribution in [-0.2, 0) is 9.59 Å². The first-order valence-corrected chi connectivity index (χ1v) is 3.06. The first kappa shape index (κ1) is 5.56. The van der Waals surface area contributed by atoms with Gasteiger partial charge in [0.1, 0.15) is 0 Å². The van der Waals surface area contributed by atoms with Gasteiger partial charge in [-0.3, -0.25) is 9.59 Å². The van der Waals surface area contributed by atoms with Crippen molar-refractivity contribution < 1.29 is 9.59 Å². The Bertz CT molecular complexity index is 160. The molecule has 0 radical (unpaired) electrons. The summed E-state index contributed by atoms with van der Waals surface area (Å²) in [5.74, 6) is -0.0891. The van der Waals surface area contributed by atoms with Gasteiger partial charge in [0, 0.05) is 0 Å². The zero-order valence-electron chi connectivity index (χ0n) is 4.09. The summed E-state index contributed by atoms with van der Waals surface area (Å²) in [6, 6.07) is 0. The fourth-order valence-corrected chi connectivity index (χ4v) is 1.03. The number of hydrogen-bond donors (Lipinski definition) is 0. The molecule has 1 heterocycles. The van der Waals surface area contributed by atoms with E-state index in [4.69, 9.17) is 0 Å². The summed E-state index contributed by atoms with van der Waals surface area (Å²) in [6.45, 7) is 0. The molecule has 0 bridgehead atoms. The van der Waals surface area contributed by atoms with Gasteiger partial charge in [-0.05, 0) is 11.5 Å². The molecule has 2 nitrogen and oxygen atoms in total. The largest absolute Gasteiger partial charge is 0.294 e. The molecule has 0 N–H and O–H groups in total. The molecule has 0 aromatic heterocycles. The van der Waals surface area contributed by atoms with Crippen LogP contribution in [0.5, 0.6) is 0 Å². The molecular weight excluding hydrogens is 124 g/mol. The second-order valence-electron chi connectivity index (χ2n) is 1.44. The van der Waals surface area contributed by atoms with Crippen LogP contribution in [0.15, 0.2) is 11.5 Å². The maximum atomic E-state index is 10.4. The molecule has 8 heavy (non-hydrogen) atoms. The van der Waals surface area contributed by atoms with Gasteiger partial charge in [0.2, 0.25) is 5.12 Å². The van der Waals surface area contributed by atoms with E-state index in [1.807, 2.05) is 0 Å². The average Bonchev–Trinajstić information content (AvgIpc) is 1.64. The van der Waals surface area contributed by atoms with Gasteiger partial charge in [-0.15, -0.1) is 0 Å². The third kappa shape index (κ3) is 1.20. The molecule has 1 rings (SSSR count). The molecule has 1 aliphatic heterocycles. The van der Waals surface area contributed by atoms with Crippen molar-refractivity contribution in [2.75, 3.05) is 0 Å². The number of carbonyl (C=O) groups is 2. The molecule has 0 aliphatic carbocycles. The Labute approximate surface area is 50.9 Å².